The standard InChI is InChI=1S/C20H38O2Si/c1-13(2)16-11-10-14(3)18-17(12-15(4)20(16,18)21)22-23(8,9)19(5,6)7/h12-14,16-18,21H,10-11H2,1-9H3/t14-,16+,17?,18?,20?/m1/s1. The molecule has 5 atom stereocenters. The van der Waals surface area contributed by atoms with Gasteiger partial charge in [-0.2, -0.15) is 0 Å². The highest BCUT2D eigenvalue weighted by atomic mass is 28.4. The third-order valence-corrected chi connectivity index (χ3v) is 11.5. The second kappa shape index (κ2) is 6.00. The molecule has 1 saturated carbocycles. The second-order valence-electron chi connectivity index (χ2n) is 9.95. The van der Waals surface area contributed by atoms with Crippen molar-refractivity contribution >= 4 is 8.32 Å². The van der Waals surface area contributed by atoms with Gasteiger partial charge in [0.1, 0.15) is 0 Å². The van der Waals surface area contributed by atoms with Gasteiger partial charge in [0.15, 0.2) is 8.32 Å². The summed E-state index contributed by atoms with van der Waals surface area (Å²) in [6, 6.07) is 0. The Morgan fingerprint density at radius 3 is 2.30 bits per heavy atom. The van der Waals surface area contributed by atoms with Crippen molar-refractivity contribution in [2.75, 3.05) is 0 Å². The van der Waals surface area contributed by atoms with E-state index >= 15 is 0 Å². The fourth-order valence-electron chi connectivity index (χ4n) is 4.60. The van der Waals surface area contributed by atoms with Gasteiger partial charge in [0, 0.05) is 5.92 Å². The van der Waals surface area contributed by atoms with Crippen molar-refractivity contribution in [2.24, 2.45) is 23.7 Å². The lowest BCUT2D eigenvalue weighted by Crippen LogP contribution is -2.56. The summed E-state index contributed by atoms with van der Waals surface area (Å²) in [6.45, 7) is 20.4. The zero-order chi connectivity index (χ0) is 17.8. The molecule has 0 aromatic carbocycles. The first-order valence-corrected chi connectivity index (χ1v) is 12.3. The van der Waals surface area contributed by atoms with Crippen LogP contribution in [-0.2, 0) is 4.43 Å². The molecular weight excluding hydrogens is 300 g/mol. The van der Waals surface area contributed by atoms with Crippen molar-refractivity contribution in [1.82, 2.24) is 0 Å². The molecule has 0 amide bonds. The highest BCUT2D eigenvalue weighted by Gasteiger charge is 2.58. The van der Waals surface area contributed by atoms with Gasteiger partial charge in [0.05, 0.1) is 11.7 Å². The Labute approximate surface area is 144 Å². The average molecular weight is 339 g/mol. The van der Waals surface area contributed by atoms with Crippen molar-refractivity contribution in [3.8, 4) is 0 Å². The molecule has 0 aromatic heterocycles. The Morgan fingerprint density at radius 1 is 1.26 bits per heavy atom. The molecule has 0 saturated heterocycles. The topological polar surface area (TPSA) is 29.5 Å². The lowest BCUT2D eigenvalue weighted by atomic mass is 9.60. The Morgan fingerprint density at radius 2 is 1.83 bits per heavy atom. The molecule has 1 N–H and O–H groups in total. The van der Waals surface area contributed by atoms with Gasteiger partial charge in [0.2, 0.25) is 0 Å². The molecule has 2 nitrogen and oxygen atoms in total. The molecule has 0 radical (unpaired) electrons. The van der Waals surface area contributed by atoms with Crippen LogP contribution in [0.2, 0.25) is 18.1 Å². The Balaban J connectivity index is 2.35. The molecule has 3 unspecified atom stereocenters. The van der Waals surface area contributed by atoms with Crippen LogP contribution in [0.5, 0.6) is 0 Å². The van der Waals surface area contributed by atoms with E-state index in [2.05, 4.69) is 67.6 Å². The van der Waals surface area contributed by atoms with Crippen molar-refractivity contribution in [3.05, 3.63) is 11.6 Å². The Hall–Kier alpha value is -0.123. The van der Waals surface area contributed by atoms with Gasteiger partial charge in [-0.15, -0.1) is 0 Å². The fourth-order valence-corrected chi connectivity index (χ4v) is 5.85. The van der Waals surface area contributed by atoms with E-state index in [1.807, 2.05) is 0 Å². The van der Waals surface area contributed by atoms with Crippen molar-refractivity contribution < 1.29 is 9.53 Å². The summed E-state index contributed by atoms with van der Waals surface area (Å²) in [6.07, 6.45) is 4.66. The molecule has 23 heavy (non-hydrogen) atoms. The lowest BCUT2D eigenvalue weighted by Gasteiger charge is -2.51. The first kappa shape index (κ1) is 19.2. The van der Waals surface area contributed by atoms with E-state index in [4.69, 9.17) is 4.43 Å². The predicted molar refractivity (Wildman–Crippen MR) is 101 cm³/mol. The van der Waals surface area contributed by atoms with Crippen molar-refractivity contribution in [3.63, 3.8) is 0 Å². The maximum absolute atomic E-state index is 11.7. The summed E-state index contributed by atoms with van der Waals surface area (Å²) in [5.74, 6) is 1.59. The SMILES string of the molecule is CC1=CC(O[Si](C)(C)C(C)(C)C)C2[C@H](C)CC[C@@H](C(C)C)C12O. The minimum atomic E-state index is -1.84. The molecule has 0 aromatic rings. The van der Waals surface area contributed by atoms with Crippen LogP contribution in [0.25, 0.3) is 0 Å². The van der Waals surface area contributed by atoms with E-state index in [0.717, 1.165) is 12.0 Å². The van der Waals surface area contributed by atoms with Gasteiger partial charge < -0.3 is 9.53 Å². The minimum Gasteiger partial charge on any atom is -0.410 e. The van der Waals surface area contributed by atoms with Crippen molar-refractivity contribution in [1.29, 1.82) is 0 Å². The van der Waals surface area contributed by atoms with E-state index in [1.165, 1.54) is 6.42 Å². The highest BCUT2D eigenvalue weighted by Crippen LogP contribution is 2.55. The maximum Gasteiger partial charge on any atom is 0.192 e. The smallest absolute Gasteiger partial charge is 0.192 e. The van der Waals surface area contributed by atoms with Gasteiger partial charge in [-0.3, -0.25) is 0 Å². The van der Waals surface area contributed by atoms with Gasteiger partial charge in [0.25, 0.3) is 0 Å². The minimum absolute atomic E-state index is 0.0810. The molecule has 0 spiro atoms. The van der Waals surface area contributed by atoms with Crippen molar-refractivity contribution in [2.45, 2.75) is 91.1 Å². The van der Waals surface area contributed by atoms with Crippen LogP contribution in [0.3, 0.4) is 0 Å². The Bertz CT molecular complexity index is 475. The molecule has 134 valence electrons. The number of aliphatic hydroxyl groups is 1. The van der Waals surface area contributed by atoms with Gasteiger partial charge in [-0.1, -0.05) is 47.6 Å². The van der Waals surface area contributed by atoms with Crippen LogP contribution in [0.1, 0.15) is 61.3 Å². The van der Waals surface area contributed by atoms with Gasteiger partial charge in [-0.05, 0) is 61.2 Å². The van der Waals surface area contributed by atoms with E-state index in [1.54, 1.807) is 0 Å². The molecule has 2 aliphatic rings. The second-order valence-corrected chi connectivity index (χ2v) is 14.7. The molecular formula is C20H38O2Si. The normalized spacial score (nSPS) is 38.7. The number of hydrogen-bond acceptors (Lipinski definition) is 2. The van der Waals surface area contributed by atoms with Crippen LogP contribution < -0.4 is 0 Å². The monoisotopic (exact) mass is 338 g/mol. The molecule has 1 fully saturated rings. The Kier molecular flexibility index (Phi) is 5.01. The van der Waals surface area contributed by atoms with Gasteiger partial charge in [-0.25, -0.2) is 0 Å². The zero-order valence-electron chi connectivity index (χ0n) is 16.7. The summed E-state index contributed by atoms with van der Waals surface area (Å²) in [5, 5.41) is 11.9. The summed E-state index contributed by atoms with van der Waals surface area (Å²) >= 11 is 0. The average Bonchev–Trinajstić information content (AvgIpc) is 2.60. The maximum atomic E-state index is 11.7. The highest BCUT2D eigenvalue weighted by molar-refractivity contribution is 6.74. The van der Waals surface area contributed by atoms with Crippen LogP contribution in [-0.4, -0.2) is 25.1 Å². The van der Waals surface area contributed by atoms with E-state index in [-0.39, 0.29) is 17.1 Å². The third-order valence-electron chi connectivity index (χ3n) is 7.06. The number of rotatable bonds is 3. The zero-order valence-corrected chi connectivity index (χ0v) is 17.7. The summed E-state index contributed by atoms with van der Waals surface area (Å²) in [7, 11) is -1.84. The molecule has 0 heterocycles. The van der Waals surface area contributed by atoms with Crippen LogP contribution in [0, 0.1) is 23.7 Å². The predicted octanol–water partition coefficient (Wildman–Crippen LogP) is 5.39. The van der Waals surface area contributed by atoms with E-state index in [0.29, 0.717) is 17.8 Å². The van der Waals surface area contributed by atoms with Gasteiger partial charge >= 0.3 is 0 Å². The largest absolute Gasteiger partial charge is 0.410 e. The first-order chi connectivity index (χ1) is 10.3. The van der Waals surface area contributed by atoms with Crippen LogP contribution >= 0.6 is 0 Å². The number of fused-ring (bicyclic) bond motifs is 1. The quantitative estimate of drug-likeness (QED) is 0.552. The van der Waals surface area contributed by atoms with E-state index in [9.17, 15) is 5.11 Å². The number of hydrogen-bond donors (Lipinski definition) is 1. The van der Waals surface area contributed by atoms with E-state index < -0.39 is 13.9 Å². The molecule has 0 bridgehead atoms. The molecule has 2 rings (SSSR count). The summed E-state index contributed by atoms with van der Waals surface area (Å²) in [4.78, 5) is 0. The molecule has 3 heteroatoms. The first-order valence-electron chi connectivity index (χ1n) is 9.41. The molecule has 0 aliphatic heterocycles. The fraction of sp³-hybridized carbons (Fsp3) is 0.900. The van der Waals surface area contributed by atoms with Crippen LogP contribution in [0.4, 0.5) is 0 Å². The molecule has 2 aliphatic carbocycles. The summed E-state index contributed by atoms with van der Waals surface area (Å²) in [5.41, 5.74) is 0.482. The summed E-state index contributed by atoms with van der Waals surface area (Å²) < 4.78 is 6.77. The lowest BCUT2D eigenvalue weighted by molar-refractivity contribution is -0.114. The van der Waals surface area contributed by atoms with Crippen LogP contribution in [0.15, 0.2) is 11.6 Å². The third kappa shape index (κ3) is 3.09.